The van der Waals surface area contributed by atoms with Crippen molar-refractivity contribution in [3.8, 4) is 0 Å². The summed E-state index contributed by atoms with van der Waals surface area (Å²) in [6, 6.07) is 0. The van der Waals surface area contributed by atoms with Crippen molar-refractivity contribution in [2.45, 2.75) is 50.2 Å². The smallest absolute Gasteiger partial charge is 0.372 e. The fourth-order valence-corrected chi connectivity index (χ4v) is 5.79. The molecule has 0 amide bonds. The van der Waals surface area contributed by atoms with E-state index in [1.807, 2.05) is 20.8 Å². The van der Waals surface area contributed by atoms with E-state index in [9.17, 15) is 0 Å². The molecule has 0 saturated carbocycles. The van der Waals surface area contributed by atoms with Crippen molar-refractivity contribution < 1.29 is 13.3 Å². The van der Waals surface area contributed by atoms with E-state index in [-0.39, 0.29) is 0 Å². The topological polar surface area (TPSA) is 27.7 Å². The summed E-state index contributed by atoms with van der Waals surface area (Å²) in [6.07, 6.45) is 3.77. The maximum absolute atomic E-state index is 5.83. The molecule has 0 unspecified atom stereocenters. The fourth-order valence-electron chi connectivity index (χ4n) is 1.74. The summed E-state index contributed by atoms with van der Waals surface area (Å²) in [6.45, 7) is 11.3. The first kappa shape index (κ1) is 18.8. The molecular formula is C12H27O3S2Si. The van der Waals surface area contributed by atoms with Gasteiger partial charge < -0.3 is 13.3 Å². The summed E-state index contributed by atoms with van der Waals surface area (Å²) < 4.78 is 16.8. The van der Waals surface area contributed by atoms with Gasteiger partial charge in [-0.25, -0.2) is 0 Å². The lowest BCUT2D eigenvalue weighted by Crippen LogP contribution is -2.60. The molecule has 0 N–H and O–H groups in total. The molecule has 0 aliphatic carbocycles. The molecule has 0 aliphatic rings. The molecule has 0 aromatic rings. The lowest BCUT2D eigenvalue weighted by molar-refractivity contribution is 0.0659. The molecule has 0 aliphatic heterocycles. The number of hydrogen-bond acceptors (Lipinski definition) is 5. The van der Waals surface area contributed by atoms with Crippen LogP contribution < -0.4 is 0 Å². The lowest BCUT2D eigenvalue weighted by atomic mass is 10.2. The van der Waals surface area contributed by atoms with E-state index < -0.39 is 12.5 Å². The van der Waals surface area contributed by atoms with Crippen LogP contribution in [0.3, 0.4) is 0 Å². The quantitative estimate of drug-likeness (QED) is 0.265. The van der Waals surface area contributed by atoms with Crippen molar-refractivity contribution in [2.24, 2.45) is 0 Å². The van der Waals surface area contributed by atoms with E-state index >= 15 is 0 Å². The van der Waals surface area contributed by atoms with Gasteiger partial charge in [0, 0.05) is 19.8 Å². The van der Waals surface area contributed by atoms with E-state index in [2.05, 4.69) is 32.2 Å². The molecule has 1 radical (unpaired) electrons. The van der Waals surface area contributed by atoms with Gasteiger partial charge in [-0.15, -0.1) is 0 Å². The third-order valence-electron chi connectivity index (χ3n) is 2.52. The molecule has 0 bridgehead atoms. The third-order valence-corrected chi connectivity index (χ3v) is 7.85. The first-order chi connectivity index (χ1) is 8.49. The van der Waals surface area contributed by atoms with Gasteiger partial charge in [0.25, 0.3) is 0 Å². The van der Waals surface area contributed by atoms with E-state index in [0.29, 0.717) is 19.8 Å². The van der Waals surface area contributed by atoms with Gasteiger partial charge in [0.05, 0.1) is 0 Å². The van der Waals surface area contributed by atoms with Crippen molar-refractivity contribution in [3.63, 3.8) is 0 Å². The van der Waals surface area contributed by atoms with Crippen molar-refractivity contribution in [1.82, 2.24) is 0 Å². The molecule has 0 saturated heterocycles. The van der Waals surface area contributed by atoms with Gasteiger partial charge >= 0.3 is 8.80 Å². The second kappa shape index (κ2) is 9.66. The van der Waals surface area contributed by atoms with Gasteiger partial charge in [-0.3, -0.25) is 0 Å². The fraction of sp³-hybridized carbons (Fsp3) is 0.917. The summed E-state index contributed by atoms with van der Waals surface area (Å²) in [5, 5.41) is 0. The molecule has 0 spiro atoms. The Balaban J connectivity index is 4.85. The van der Waals surface area contributed by atoms with Crippen LogP contribution in [0.25, 0.3) is 0 Å². The van der Waals surface area contributed by atoms with Crippen molar-refractivity contribution >= 4 is 34.1 Å². The number of thiol groups is 2. The molecule has 0 rings (SSSR count). The van der Waals surface area contributed by atoms with Crippen LogP contribution in [0.2, 0.25) is 0 Å². The molecule has 3 nitrogen and oxygen atoms in total. The van der Waals surface area contributed by atoms with Crippen LogP contribution in [0.4, 0.5) is 0 Å². The first-order valence-electron chi connectivity index (χ1n) is 6.65. The Morgan fingerprint density at radius 2 is 1.39 bits per heavy atom. The van der Waals surface area contributed by atoms with Crippen LogP contribution in [0.1, 0.15) is 46.5 Å². The van der Waals surface area contributed by atoms with Crippen molar-refractivity contribution in [3.05, 3.63) is 6.92 Å². The van der Waals surface area contributed by atoms with Crippen LogP contribution in [0.5, 0.6) is 0 Å². The SMILES string of the molecule is [CH2]CCCCC(S)(S)[Si](OCC)(OCC)OCC. The minimum Gasteiger partial charge on any atom is -0.372 e. The minimum atomic E-state index is -2.87. The number of unbranched alkanes of at least 4 members (excludes halogenated alkanes) is 2. The second-order valence-corrected chi connectivity index (χ2v) is 9.54. The average molecular weight is 312 g/mol. The second-order valence-electron chi connectivity index (χ2n) is 3.98. The Morgan fingerprint density at radius 3 is 1.72 bits per heavy atom. The normalized spacial score (nSPS) is 13.0. The maximum atomic E-state index is 5.83. The Kier molecular flexibility index (Phi) is 10.1. The molecule has 0 aromatic carbocycles. The van der Waals surface area contributed by atoms with Crippen LogP contribution in [-0.2, 0) is 13.3 Å². The summed E-state index contributed by atoms with van der Waals surface area (Å²) in [5.74, 6) is 0. The first-order valence-corrected chi connectivity index (χ1v) is 9.27. The standard InChI is InChI=1S/C12H27O3S2Si/c1-5-9-10-11-12(16,17)18(13-6-2,14-7-3)15-8-4/h16-17H,1,5-11H2,2-4H3. The number of rotatable bonds is 11. The van der Waals surface area contributed by atoms with Gasteiger partial charge in [0.2, 0.25) is 0 Å². The summed E-state index contributed by atoms with van der Waals surface area (Å²) in [7, 11) is -2.87. The van der Waals surface area contributed by atoms with Crippen LogP contribution in [-0.4, -0.2) is 32.3 Å². The van der Waals surface area contributed by atoms with E-state index in [1.165, 1.54) is 0 Å². The molecular weight excluding hydrogens is 284 g/mol. The highest BCUT2D eigenvalue weighted by Gasteiger charge is 2.57. The lowest BCUT2D eigenvalue weighted by Gasteiger charge is -2.39. The average Bonchev–Trinajstić information content (AvgIpc) is 2.30. The predicted molar refractivity (Wildman–Crippen MR) is 85.2 cm³/mol. The van der Waals surface area contributed by atoms with Crippen LogP contribution in [0, 0.1) is 6.92 Å². The van der Waals surface area contributed by atoms with E-state index in [0.717, 1.165) is 25.7 Å². The largest absolute Gasteiger partial charge is 0.527 e. The van der Waals surface area contributed by atoms with E-state index in [1.54, 1.807) is 0 Å². The Morgan fingerprint density at radius 1 is 0.944 bits per heavy atom. The molecule has 0 atom stereocenters. The molecule has 109 valence electrons. The highest BCUT2D eigenvalue weighted by molar-refractivity contribution is 8.03. The van der Waals surface area contributed by atoms with Gasteiger partial charge in [0.1, 0.15) is 3.70 Å². The summed E-state index contributed by atoms with van der Waals surface area (Å²) >= 11 is 9.35. The molecule has 0 aromatic heterocycles. The summed E-state index contributed by atoms with van der Waals surface area (Å²) in [4.78, 5) is 0. The van der Waals surface area contributed by atoms with Crippen LogP contribution in [0.15, 0.2) is 0 Å². The zero-order chi connectivity index (χ0) is 14.1. The Hall–Kier alpha value is 0.797. The van der Waals surface area contributed by atoms with E-state index in [4.69, 9.17) is 13.3 Å². The zero-order valence-corrected chi connectivity index (χ0v) is 14.6. The van der Waals surface area contributed by atoms with Crippen LogP contribution >= 0.6 is 25.3 Å². The zero-order valence-electron chi connectivity index (χ0n) is 11.8. The summed E-state index contributed by atoms with van der Waals surface area (Å²) in [5.41, 5.74) is 0. The predicted octanol–water partition coefficient (Wildman–Crippen LogP) is 3.52. The highest BCUT2D eigenvalue weighted by atomic mass is 32.2. The molecule has 6 heteroatoms. The monoisotopic (exact) mass is 311 g/mol. The minimum absolute atomic E-state index is 0.546. The van der Waals surface area contributed by atoms with Gasteiger partial charge in [0.15, 0.2) is 0 Å². The Bertz CT molecular complexity index is 198. The van der Waals surface area contributed by atoms with Crippen molar-refractivity contribution in [1.29, 1.82) is 0 Å². The van der Waals surface area contributed by atoms with Crippen molar-refractivity contribution in [2.75, 3.05) is 19.8 Å². The molecule has 0 fully saturated rings. The third kappa shape index (κ3) is 5.42. The van der Waals surface area contributed by atoms with Gasteiger partial charge in [-0.05, 0) is 27.2 Å². The van der Waals surface area contributed by atoms with Gasteiger partial charge in [-0.1, -0.05) is 26.2 Å². The Labute approximate surface area is 124 Å². The molecule has 18 heavy (non-hydrogen) atoms. The maximum Gasteiger partial charge on any atom is 0.527 e. The number of hydrogen-bond donors (Lipinski definition) is 2. The highest BCUT2D eigenvalue weighted by Crippen LogP contribution is 2.38. The van der Waals surface area contributed by atoms with Gasteiger partial charge in [-0.2, -0.15) is 25.3 Å². The molecule has 0 heterocycles.